The third kappa shape index (κ3) is 4.11. The van der Waals surface area contributed by atoms with Crippen LogP contribution in [0.15, 0.2) is 78.9 Å². The molecule has 0 unspecified atom stereocenters. The molecule has 4 heteroatoms. The normalized spacial score (nSPS) is 14.0. The van der Waals surface area contributed by atoms with Crippen molar-refractivity contribution in [3.05, 3.63) is 90.0 Å². The maximum Gasteiger partial charge on any atom is 0.329 e. The maximum atomic E-state index is 13.5. The van der Waals surface area contributed by atoms with E-state index < -0.39 is 0 Å². The van der Waals surface area contributed by atoms with Gasteiger partial charge in [-0.25, -0.2) is 4.79 Å². The fraction of sp³-hybridized carbons (Fsp3) is 0.240. The number of rotatable bonds is 3. The standard InChI is InChI=1S/C25H27N3O/c1-20-13-14-24(21(2)19-20)26-15-17-27(18-16-26)25(29)28(22-9-5-3-6-10-22)23-11-7-4-8-12-23/h3-14,19H,15-18H2,1-2H3. The summed E-state index contributed by atoms with van der Waals surface area (Å²) in [5.74, 6) is 0. The third-order valence-electron chi connectivity index (χ3n) is 5.46. The van der Waals surface area contributed by atoms with Crippen molar-refractivity contribution in [2.24, 2.45) is 0 Å². The van der Waals surface area contributed by atoms with Gasteiger partial charge in [0.05, 0.1) is 11.4 Å². The summed E-state index contributed by atoms with van der Waals surface area (Å²) in [4.78, 5) is 19.6. The van der Waals surface area contributed by atoms with Gasteiger partial charge in [0.15, 0.2) is 0 Å². The Morgan fingerprint density at radius 1 is 0.759 bits per heavy atom. The lowest BCUT2D eigenvalue weighted by Gasteiger charge is -2.39. The van der Waals surface area contributed by atoms with Crippen LogP contribution < -0.4 is 9.80 Å². The molecule has 4 nitrogen and oxygen atoms in total. The largest absolute Gasteiger partial charge is 0.368 e. The minimum absolute atomic E-state index is 0.0303. The molecule has 3 aromatic carbocycles. The van der Waals surface area contributed by atoms with E-state index in [2.05, 4.69) is 36.9 Å². The summed E-state index contributed by atoms with van der Waals surface area (Å²) in [5, 5.41) is 0. The molecular formula is C25H27N3O. The summed E-state index contributed by atoms with van der Waals surface area (Å²) in [6.07, 6.45) is 0. The molecule has 0 bridgehead atoms. The zero-order valence-electron chi connectivity index (χ0n) is 17.1. The predicted molar refractivity (Wildman–Crippen MR) is 120 cm³/mol. The van der Waals surface area contributed by atoms with Gasteiger partial charge in [-0.15, -0.1) is 0 Å². The molecule has 1 fully saturated rings. The van der Waals surface area contributed by atoms with E-state index in [1.807, 2.05) is 70.5 Å². The SMILES string of the molecule is Cc1ccc(N2CCN(C(=O)N(c3ccccc3)c3ccccc3)CC2)c(C)c1. The minimum Gasteiger partial charge on any atom is -0.368 e. The van der Waals surface area contributed by atoms with Crippen molar-refractivity contribution in [2.75, 3.05) is 36.0 Å². The molecule has 29 heavy (non-hydrogen) atoms. The molecule has 0 radical (unpaired) electrons. The first kappa shape index (κ1) is 19.1. The van der Waals surface area contributed by atoms with Gasteiger partial charge in [0.2, 0.25) is 0 Å². The Hall–Kier alpha value is -3.27. The zero-order valence-corrected chi connectivity index (χ0v) is 17.1. The smallest absolute Gasteiger partial charge is 0.329 e. The van der Waals surface area contributed by atoms with E-state index in [0.717, 1.165) is 24.5 Å². The highest BCUT2D eigenvalue weighted by Crippen LogP contribution is 2.28. The second-order valence-corrected chi connectivity index (χ2v) is 7.55. The summed E-state index contributed by atoms with van der Waals surface area (Å²) < 4.78 is 0. The van der Waals surface area contributed by atoms with Crippen LogP contribution in [0.4, 0.5) is 21.9 Å². The number of carbonyl (C=O) groups excluding carboxylic acids is 1. The topological polar surface area (TPSA) is 26.8 Å². The highest BCUT2D eigenvalue weighted by atomic mass is 16.2. The van der Waals surface area contributed by atoms with Gasteiger partial charge in [-0.1, -0.05) is 54.1 Å². The molecule has 0 N–H and O–H groups in total. The summed E-state index contributed by atoms with van der Waals surface area (Å²) in [7, 11) is 0. The zero-order chi connectivity index (χ0) is 20.2. The Bertz CT molecular complexity index is 924. The molecule has 0 atom stereocenters. The van der Waals surface area contributed by atoms with E-state index in [4.69, 9.17) is 0 Å². The van der Waals surface area contributed by atoms with Gasteiger partial charge >= 0.3 is 6.03 Å². The van der Waals surface area contributed by atoms with Crippen molar-refractivity contribution < 1.29 is 4.79 Å². The fourth-order valence-corrected chi connectivity index (χ4v) is 3.96. The molecule has 0 aliphatic carbocycles. The quantitative estimate of drug-likeness (QED) is 0.605. The van der Waals surface area contributed by atoms with Gasteiger partial charge in [-0.05, 0) is 49.7 Å². The number of anilines is 3. The first-order chi connectivity index (χ1) is 14.1. The first-order valence-corrected chi connectivity index (χ1v) is 10.1. The lowest BCUT2D eigenvalue weighted by Crippen LogP contribution is -2.52. The van der Waals surface area contributed by atoms with E-state index in [1.54, 1.807) is 0 Å². The van der Waals surface area contributed by atoms with Crippen LogP contribution in [0.3, 0.4) is 0 Å². The molecule has 2 amide bonds. The Labute approximate surface area is 173 Å². The first-order valence-electron chi connectivity index (χ1n) is 10.1. The molecule has 0 spiro atoms. The molecule has 1 aliphatic heterocycles. The van der Waals surface area contributed by atoms with Gasteiger partial charge in [0.25, 0.3) is 0 Å². The van der Waals surface area contributed by atoms with E-state index in [0.29, 0.717) is 13.1 Å². The lowest BCUT2D eigenvalue weighted by molar-refractivity contribution is 0.203. The van der Waals surface area contributed by atoms with Gasteiger partial charge < -0.3 is 9.80 Å². The van der Waals surface area contributed by atoms with Crippen LogP contribution in [0.2, 0.25) is 0 Å². The molecule has 0 aromatic heterocycles. The monoisotopic (exact) mass is 385 g/mol. The number of hydrogen-bond donors (Lipinski definition) is 0. The lowest BCUT2D eigenvalue weighted by atomic mass is 10.1. The highest BCUT2D eigenvalue weighted by Gasteiger charge is 2.27. The summed E-state index contributed by atoms with van der Waals surface area (Å²) in [5.41, 5.74) is 5.62. The van der Waals surface area contributed by atoms with Gasteiger partial charge in [-0.2, -0.15) is 0 Å². The predicted octanol–water partition coefficient (Wildman–Crippen LogP) is 5.38. The summed E-state index contributed by atoms with van der Waals surface area (Å²) in [6.45, 7) is 7.38. The number of piperazine rings is 1. The molecule has 4 rings (SSSR count). The Kier molecular flexibility index (Phi) is 5.52. The molecule has 1 heterocycles. The molecule has 1 aliphatic rings. The van der Waals surface area contributed by atoms with Crippen LogP contribution in [0.5, 0.6) is 0 Å². The molecule has 3 aromatic rings. The van der Waals surface area contributed by atoms with Crippen LogP contribution in [0.25, 0.3) is 0 Å². The summed E-state index contributed by atoms with van der Waals surface area (Å²) in [6, 6.07) is 26.4. The molecule has 1 saturated heterocycles. The van der Waals surface area contributed by atoms with Crippen LogP contribution in [-0.2, 0) is 0 Å². The number of nitrogens with zero attached hydrogens (tertiary/aromatic N) is 3. The Morgan fingerprint density at radius 3 is 1.83 bits per heavy atom. The minimum atomic E-state index is 0.0303. The summed E-state index contributed by atoms with van der Waals surface area (Å²) >= 11 is 0. The van der Waals surface area contributed by atoms with E-state index >= 15 is 0 Å². The van der Waals surface area contributed by atoms with Crippen molar-refractivity contribution in [3.63, 3.8) is 0 Å². The van der Waals surface area contributed by atoms with E-state index in [1.165, 1.54) is 16.8 Å². The number of hydrogen-bond acceptors (Lipinski definition) is 2. The number of para-hydroxylation sites is 2. The highest BCUT2D eigenvalue weighted by molar-refractivity contribution is 5.99. The van der Waals surface area contributed by atoms with Crippen LogP contribution >= 0.6 is 0 Å². The third-order valence-corrected chi connectivity index (χ3v) is 5.46. The van der Waals surface area contributed by atoms with Crippen LogP contribution in [0.1, 0.15) is 11.1 Å². The van der Waals surface area contributed by atoms with Crippen molar-refractivity contribution >= 4 is 23.1 Å². The fourth-order valence-electron chi connectivity index (χ4n) is 3.96. The second kappa shape index (κ2) is 8.39. The van der Waals surface area contributed by atoms with E-state index in [9.17, 15) is 4.79 Å². The van der Waals surface area contributed by atoms with Crippen LogP contribution in [-0.4, -0.2) is 37.1 Å². The van der Waals surface area contributed by atoms with Crippen molar-refractivity contribution in [2.45, 2.75) is 13.8 Å². The van der Waals surface area contributed by atoms with Crippen molar-refractivity contribution in [1.29, 1.82) is 0 Å². The number of amides is 2. The average molecular weight is 386 g/mol. The van der Waals surface area contributed by atoms with Gasteiger partial charge in [0, 0.05) is 31.9 Å². The van der Waals surface area contributed by atoms with E-state index in [-0.39, 0.29) is 6.03 Å². The van der Waals surface area contributed by atoms with Gasteiger partial charge in [0.1, 0.15) is 0 Å². The average Bonchev–Trinajstić information content (AvgIpc) is 2.76. The maximum absolute atomic E-state index is 13.5. The molecule has 0 saturated carbocycles. The second-order valence-electron chi connectivity index (χ2n) is 7.55. The Morgan fingerprint density at radius 2 is 1.31 bits per heavy atom. The van der Waals surface area contributed by atoms with Crippen LogP contribution in [0, 0.1) is 13.8 Å². The van der Waals surface area contributed by atoms with Crippen molar-refractivity contribution in [3.8, 4) is 0 Å². The number of benzene rings is 3. The number of urea groups is 1. The number of carbonyl (C=O) groups is 1. The van der Waals surface area contributed by atoms with Crippen molar-refractivity contribution in [1.82, 2.24) is 4.90 Å². The van der Waals surface area contributed by atoms with Gasteiger partial charge in [-0.3, -0.25) is 4.90 Å². The molecular weight excluding hydrogens is 358 g/mol. The Balaban J connectivity index is 1.52. The number of aryl methyl sites for hydroxylation is 2. The molecule has 148 valence electrons.